The molecule has 0 unspecified atom stereocenters. The van der Waals surface area contributed by atoms with E-state index in [9.17, 15) is 4.79 Å². The zero-order valence-corrected chi connectivity index (χ0v) is 7.50. The summed E-state index contributed by atoms with van der Waals surface area (Å²) in [5.74, 6) is 0.146. The van der Waals surface area contributed by atoms with Crippen molar-refractivity contribution in [2.45, 2.75) is 26.8 Å². The van der Waals surface area contributed by atoms with Crippen LogP contribution in [-0.4, -0.2) is 41.5 Å². The molecule has 0 bridgehead atoms. The summed E-state index contributed by atoms with van der Waals surface area (Å²) in [5, 5.41) is 8.65. The van der Waals surface area contributed by atoms with Gasteiger partial charge in [-0.05, 0) is 20.8 Å². The summed E-state index contributed by atoms with van der Waals surface area (Å²) < 4.78 is 0. The molecule has 0 radical (unpaired) electrons. The molecule has 11 heavy (non-hydrogen) atoms. The van der Waals surface area contributed by atoms with Crippen LogP contribution in [0.1, 0.15) is 20.8 Å². The van der Waals surface area contributed by atoms with E-state index in [1.165, 1.54) is 0 Å². The van der Waals surface area contributed by atoms with Crippen molar-refractivity contribution in [2.75, 3.05) is 19.7 Å². The molecule has 0 heterocycles. The Bertz CT molecular complexity index is 123. The van der Waals surface area contributed by atoms with Crippen LogP contribution in [0.15, 0.2) is 0 Å². The first kappa shape index (κ1) is 10.6. The Balaban J connectivity index is 3.79. The zero-order valence-electron chi connectivity index (χ0n) is 7.50. The summed E-state index contributed by atoms with van der Waals surface area (Å²) in [6, 6.07) is 0.325. The highest BCUT2D eigenvalue weighted by molar-refractivity contribution is 5.77. The van der Waals surface area contributed by atoms with E-state index >= 15 is 0 Å². The van der Waals surface area contributed by atoms with Crippen molar-refractivity contribution >= 4 is 5.78 Å². The predicted octanol–water partition coefficient (Wildman–Crippen LogP) is 0.278. The first-order valence-corrected chi connectivity index (χ1v) is 3.92. The zero-order chi connectivity index (χ0) is 8.85. The van der Waals surface area contributed by atoms with Gasteiger partial charge in [-0.25, -0.2) is 0 Å². The second kappa shape index (κ2) is 5.27. The molecule has 3 nitrogen and oxygen atoms in total. The number of hydrogen-bond donors (Lipinski definition) is 1. The van der Waals surface area contributed by atoms with Crippen molar-refractivity contribution in [3.05, 3.63) is 0 Å². The van der Waals surface area contributed by atoms with Gasteiger partial charge in [0.25, 0.3) is 0 Å². The molecule has 3 heteroatoms. The maximum absolute atomic E-state index is 10.7. The number of aliphatic hydroxyl groups excluding tert-OH is 1. The molecule has 0 aromatic rings. The summed E-state index contributed by atoms with van der Waals surface area (Å²) in [6.45, 7) is 6.73. The van der Waals surface area contributed by atoms with Gasteiger partial charge >= 0.3 is 0 Å². The van der Waals surface area contributed by atoms with Gasteiger partial charge in [0.2, 0.25) is 0 Å². The normalized spacial score (nSPS) is 11.1. The number of hydrogen-bond acceptors (Lipinski definition) is 3. The summed E-state index contributed by atoms with van der Waals surface area (Å²) in [7, 11) is 0. The monoisotopic (exact) mass is 159 g/mol. The Morgan fingerprint density at radius 3 is 2.36 bits per heavy atom. The van der Waals surface area contributed by atoms with E-state index in [1.54, 1.807) is 6.92 Å². The third-order valence-corrected chi connectivity index (χ3v) is 1.54. The summed E-state index contributed by atoms with van der Waals surface area (Å²) >= 11 is 0. The Morgan fingerprint density at radius 2 is 2.09 bits per heavy atom. The van der Waals surface area contributed by atoms with E-state index in [0.717, 1.165) is 0 Å². The SMILES string of the molecule is CC(=O)CN(CCO)C(C)C. The second-order valence-corrected chi connectivity index (χ2v) is 2.99. The van der Waals surface area contributed by atoms with Crippen LogP contribution >= 0.6 is 0 Å². The first-order chi connectivity index (χ1) is 5.07. The van der Waals surface area contributed by atoms with Gasteiger partial charge in [-0.2, -0.15) is 0 Å². The second-order valence-electron chi connectivity index (χ2n) is 2.99. The van der Waals surface area contributed by atoms with Gasteiger partial charge in [-0.15, -0.1) is 0 Å². The van der Waals surface area contributed by atoms with Crippen LogP contribution in [0.5, 0.6) is 0 Å². The number of Topliss-reactive ketones (excluding diaryl/α,β-unsaturated/α-hetero) is 1. The van der Waals surface area contributed by atoms with E-state index in [4.69, 9.17) is 5.11 Å². The Kier molecular flexibility index (Phi) is 5.07. The van der Waals surface area contributed by atoms with Crippen molar-refractivity contribution < 1.29 is 9.90 Å². The fourth-order valence-electron chi connectivity index (χ4n) is 0.934. The first-order valence-electron chi connectivity index (χ1n) is 3.92. The van der Waals surface area contributed by atoms with Gasteiger partial charge in [0.1, 0.15) is 5.78 Å². The minimum Gasteiger partial charge on any atom is -0.395 e. The molecule has 0 atom stereocenters. The average Bonchev–Trinajstić information content (AvgIpc) is 1.86. The van der Waals surface area contributed by atoms with Crippen molar-refractivity contribution in [3.63, 3.8) is 0 Å². The van der Waals surface area contributed by atoms with Gasteiger partial charge < -0.3 is 5.11 Å². The Hall–Kier alpha value is -0.410. The van der Waals surface area contributed by atoms with Crippen LogP contribution in [0.2, 0.25) is 0 Å². The number of rotatable bonds is 5. The maximum atomic E-state index is 10.7. The molecule has 66 valence electrons. The summed E-state index contributed by atoms with van der Waals surface area (Å²) in [5.41, 5.74) is 0. The van der Waals surface area contributed by atoms with Gasteiger partial charge in [0, 0.05) is 12.6 Å². The van der Waals surface area contributed by atoms with Crippen molar-refractivity contribution in [3.8, 4) is 0 Å². The fourth-order valence-corrected chi connectivity index (χ4v) is 0.934. The molecule has 1 N–H and O–H groups in total. The highest BCUT2D eigenvalue weighted by Crippen LogP contribution is 1.96. The van der Waals surface area contributed by atoms with Gasteiger partial charge in [-0.1, -0.05) is 0 Å². The molecule has 0 aliphatic heterocycles. The van der Waals surface area contributed by atoms with Gasteiger partial charge in [0.05, 0.1) is 13.2 Å². The quantitative estimate of drug-likeness (QED) is 0.626. The van der Waals surface area contributed by atoms with Crippen LogP contribution in [0.4, 0.5) is 0 Å². The number of nitrogens with zero attached hydrogens (tertiary/aromatic N) is 1. The molecule has 0 aromatic heterocycles. The minimum atomic E-state index is 0.117. The minimum absolute atomic E-state index is 0.117. The molecule has 0 saturated carbocycles. The van der Waals surface area contributed by atoms with Crippen LogP contribution in [-0.2, 0) is 4.79 Å². The molecule has 0 fully saturated rings. The molecule has 0 aliphatic rings. The third-order valence-electron chi connectivity index (χ3n) is 1.54. The van der Waals surface area contributed by atoms with E-state index in [0.29, 0.717) is 19.1 Å². The van der Waals surface area contributed by atoms with E-state index in [1.807, 2.05) is 18.7 Å². The molecule has 0 spiro atoms. The molecular formula is C8H17NO2. The van der Waals surface area contributed by atoms with E-state index in [2.05, 4.69) is 0 Å². The maximum Gasteiger partial charge on any atom is 0.143 e. The van der Waals surface area contributed by atoms with Gasteiger partial charge in [-0.3, -0.25) is 9.69 Å². The largest absolute Gasteiger partial charge is 0.395 e. The van der Waals surface area contributed by atoms with Gasteiger partial charge in [0.15, 0.2) is 0 Å². The summed E-state index contributed by atoms with van der Waals surface area (Å²) in [4.78, 5) is 12.7. The van der Waals surface area contributed by atoms with Crippen LogP contribution < -0.4 is 0 Å². The molecule has 0 rings (SSSR count). The lowest BCUT2D eigenvalue weighted by Crippen LogP contribution is -2.36. The average molecular weight is 159 g/mol. The summed E-state index contributed by atoms with van der Waals surface area (Å²) in [6.07, 6.45) is 0. The van der Waals surface area contributed by atoms with E-state index in [-0.39, 0.29) is 12.4 Å². The third kappa shape index (κ3) is 4.93. The number of carbonyl (C=O) groups is 1. The van der Waals surface area contributed by atoms with Crippen LogP contribution in [0, 0.1) is 0 Å². The molecule has 0 aromatic carbocycles. The highest BCUT2D eigenvalue weighted by Gasteiger charge is 2.09. The number of carbonyl (C=O) groups excluding carboxylic acids is 1. The Morgan fingerprint density at radius 1 is 1.55 bits per heavy atom. The fraction of sp³-hybridized carbons (Fsp3) is 0.875. The lowest BCUT2D eigenvalue weighted by Gasteiger charge is -2.23. The van der Waals surface area contributed by atoms with E-state index < -0.39 is 0 Å². The Labute approximate surface area is 68.0 Å². The standard InChI is InChI=1S/C8H17NO2/c1-7(2)9(4-5-10)6-8(3)11/h7,10H,4-6H2,1-3H3. The highest BCUT2D eigenvalue weighted by atomic mass is 16.3. The number of aliphatic hydroxyl groups is 1. The molecule has 0 amide bonds. The lowest BCUT2D eigenvalue weighted by atomic mass is 10.3. The van der Waals surface area contributed by atoms with Crippen LogP contribution in [0.25, 0.3) is 0 Å². The molecule has 0 saturated heterocycles. The smallest absolute Gasteiger partial charge is 0.143 e. The predicted molar refractivity (Wildman–Crippen MR) is 44.5 cm³/mol. The van der Waals surface area contributed by atoms with Crippen molar-refractivity contribution in [1.82, 2.24) is 4.90 Å². The van der Waals surface area contributed by atoms with Crippen LogP contribution in [0.3, 0.4) is 0 Å². The van der Waals surface area contributed by atoms with Crippen molar-refractivity contribution in [1.29, 1.82) is 0 Å². The van der Waals surface area contributed by atoms with Crippen molar-refractivity contribution in [2.24, 2.45) is 0 Å². The number of ketones is 1. The topological polar surface area (TPSA) is 40.5 Å². The molecule has 0 aliphatic carbocycles. The molecular weight excluding hydrogens is 142 g/mol. The lowest BCUT2D eigenvalue weighted by molar-refractivity contribution is -0.118.